The maximum Gasteiger partial charge on any atom is 0.269 e. The Morgan fingerprint density at radius 3 is 2.50 bits per heavy atom. The van der Waals surface area contributed by atoms with E-state index in [9.17, 15) is 8.42 Å². The SMILES string of the molecule is Cc1ccc(S(=O)(=O)n2ccc3c(N)ncnc32)cc1. The summed E-state index contributed by atoms with van der Waals surface area (Å²) in [5.74, 6) is 0.257. The molecular formula is C13H12N4O2S. The van der Waals surface area contributed by atoms with E-state index in [1.807, 2.05) is 6.92 Å². The molecule has 7 heteroatoms. The van der Waals surface area contributed by atoms with Crippen LogP contribution in [0.4, 0.5) is 5.82 Å². The summed E-state index contributed by atoms with van der Waals surface area (Å²) in [6, 6.07) is 8.24. The van der Waals surface area contributed by atoms with Crippen LogP contribution in [0.3, 0.4) is 0 Å². The van der Waals surface area contributed by atoms with Gasteiger partial charge in [-0.05, 0) is 25.1 Å². The van der Waals surface area contributed by atoms with E-state index >= 15 is 0 Å². The number of nitrogens with two attached hydrogens (primary N) is 1. The Hall–Kier alpha value is -2.41. The lowest BCUT2D eigenvalue weighted by atomic mass is 10.2. The zero-order valence-corrected chi connectivity index (χ0v) is 11.5. The van der Waals surface area contributed by atoms with Gasteiger partial charge < -0.3 is 5.73 Å². The molecule has 20 heavy (non-hydrogen) atoms. The van der Waals surface area contributed by atoms with Crippen LogP contribution in [0.25, 0.3) is 11.0 Å². The largest absolute Gasteiger partial charge is 0.383 e. The number of benzene rings is 1. The molecule has 0 amide bonds. The van der Waals surface area contributed by atoms with Crippen molar-refractivity contribution in [2.45, 2.75) is 11.8 Å². The monoisotopic (exact) mass is 288 g/mol. The topological polar surface area (TPSA) is 90.9 Å². The standard InChI is InChI=1S/C13H12N4O2S/c1-9-2-4-10(5-3-9)20(18,19)17-7-6-11-12(14)15-8-16-13(11)17/h2-8H,1H3,(H2,14,15,16). The van der Waals surface area contributed by atoms with Gasteiger partial charge in [-0.25, -0.2) is 22.4 Å². The molecule has 0 unspecified atom stereocenters. The van der Waals surface area contributed by atoms with E-state index < -0.39 is 10.0 Å². The molecule has 3 aromatic rings. The molecule has 1 aromatic carbocycles. The first-order chi connectivity index (χ1) is 9.50. The Kier molecular flexibility index (Phi) is 2.72. The molecule has 0 atom stereocenters. The normalized spacial score (nSPS) is 11.8. The average molecular weight is 288 g/mol. The number of hydrogen-bond donors (Lipinski definition) is 1. The lowest BCUT2D eigenvalue weighted by Gasteiger charge is -2.07. The van der Waals surface area contributed by atoms with Crippen molar-refractivity contribution in [1.82, 2.24) is 13.9 Å². The molecule has 0 aliphatic heterocycles. The van der Waals surface area contributed by atoms with E-state index in [-0.39, 0.29) is 16.4 Å². The van der Waals surface area contributed by atoms with E-state index in [2.05, 4.69) is 9.97 Å². The number of nitrogen functional groups attached to an aromatic ring is 1. The van der Waals surface area contributed by atoms with Crippen molar-refractivity contribution < 1.29 is 8.42 Å². The first-order valence-electron chi connectivity index (χ1n) is 5.90. The number of hydrogen-bond acceptors (Lipinski definition) is 5. The molecule has 0 saturated carbocycles. The van der Waals surface area contributed by atoms with Crippen molar-refractivity contribution in [2.24, 2.45) is 0 Å². The zero-order valence-electron chi connectivity index (χ0n) is 10.7. The second-order valence-electron chi connectivity index (χ2n) is 4.43. The third-order valence-corrected chi connectivity index (χ3v) is 4.74. The molecular weight excluding hydrogens is 276 g/mol. The Bertz CT molecular complexity index is 882. The first kappa shape index (κ1) is 12.6. The second kappa shape index (κ2) is 4.31. The highest BCUT2D eigenvalue weighted by atomic mass is 32.2. The summed E-state index contributed by atoms with van der Waals surface area (Å²) in [5.41, 5.74) is 6.98. The molecule has 0 bridgehead atoms. The van der Waals surface area contributed by atoms with Crippen molar-refractivity contribution in [2.75, 3.05) is 5.73 Å². The Balaban J connectivity index is 2.24. The number of fused-ring (bicyclic) bond motifs is 1. The molecule has 3 rings (SSSR count). The van der Waals surface area contributed by atoms with E-state index in [4.69, 9.17) is 5.73 Å². The fourth-order valence-electron chi connectivity index (χ4n) is 1.97. The Morgan fingerprint density at radius 1 is 1.10 bits per heavy atom. The van der Waals surface area contributed by atoms with E-state index in [1.54, 1.807) is 30.3 Å². The fraction of sp³-hybridized carbons (Fsp3) is 0.0769. The third kappa shape index (κ3) is 1.83. The van der Waals surface area contributed by atoms with Gasteiger partial charge >= 0.3 is 0 Å². The molecule has 2 N–H and O–H groups in total. The van der Waals surface area contributed by atoms with Crippen molar-refractivity contribution >= 4 is 26.9 Å². The molecule has 0 fully saturated rings. The van der Waals surface area contributed by atoms with Gasteiger partial charge in [0.05, 0.1) is 10.3 Å². The number of rotatable bonds is 2. The van der Waals surface area contributed by atoms with Crippen molar-refractivity contribution in [3.05, 3.63) is 48.4 Å². The van der Waals surface area contributed by atoms with Gasteiger partial charge in [0.15, 0.2) is 5.65 Å². The number of nitrogens with zero attached hydrogens (tertiary/aromatic N) is 3. The molecule has 6 nitrogen and oxygen atoms in total. The predicted molar refractivity (Wildman–Crippen MR) is 75.7 cm³/mol. The summed E-state index contributed by atoms with van der Waals surface area (Å²) in [6.07, 6.45) is 2.68. The predicted octanol–water partition coefficient (Wildman–Crippen LogP) is 1.56. The van der Waals surface area contributed by atoms with Crippen LogP contribution in [0.5, 0.6) is 0 Å². The van der Waals surface area contributed by atoms with Crippen LogP contribution in [-0.4, -0.2) is 22.4 Å². The Morgan fingerprint density at radius 2 is 1.80 bits per heavy atom. The minimum atomic E-state index is -3.68. The van der Waals surface area contributed by atoms with Crippen LogP contribution in [0, 0.1) is 6.92 Å². The summed E-state index contributed by atoms with van der Waals surface area (Å²) in [4.78, 5) is 8.06. The van der Waals surface area contributed by atoms with Crippen molar-refractivity contribution in [3.8, 4) is 0 Å². The van der Waals surface area contributed by atoms with Crippen LogP contribution in [0.15, 0.2) is 47.8 Å². The molecule has 0 aliphatic carbocycles. The van der Waals surface area contributed by atoms with Gasteiger partial charge in [-0.1, -0.05) is 17.7 Å². The molecule has 0 aliphatic rings. The maximum atomic E-state index is 12.6. The van der Waals surface area contributed by atoms with E-state index in [0.29, 0.717) is 5.39 Å². The number of aromatic nitrogens is 3. The molecule has 0 spiro atoms. The van der Waals surface area contributed by atoms with Crippen LogP contribution in [0.1, 0.15) is 5.56 Å². The highest BCUT2D eigenvalue weighted by Gasteiger charge is 2.20. The highest BCUT2D eigenvalue weighted by molar-refractivity contribution is 7.90. The summed E-state index contributed by atoms with van der Waals surface area (Å²) in [6.45, 7) is 1.90. The van der Waals surface area contributed by atoms with Gasteiger partial charge in [-0.2, -0.15) is 0 Å². The van der Waals surface area contributed by atoms with Gasteiger partial charge in [-0.3, -0.25) is 0 Å². The lowest BCUT2D eigenvalue weighted by molar-refractivity contribution is 0.588. The van der Waals surface area contributed by atoms with Gasteiger partial charge in [0.1, 0.15) is 12.1 Å². The summed E-state index contributed by atoms with van der Waals surface area (Å²) in [5, 5.41) is 0.517. The smallest absolute Gasteiger partial charge is 0.269 e. The Labute approximate surface area is 115 Å². The number of aryl methyl sites for hydroxylation is 1. The van der Waals surface area contributed by atoms with Crippen molar-refractivity contribution in [3.63, 3.8) is 0 Å². The van der Waals surface area contributed by atoms with Gasteiger partial charge in [0.2, 0.25) is 0 Å². The quantitative estimate of drug-likeness (QED) is 0.772. The molecule has 2 aromatic heterocycles. The van der Waals surface area contributed by atoms with E-state index in [1.165, 1.54) is 12.5 Å². The maximum absolute atomic E-state index is 12.6. The summed E-state index contributed by atoms with van der Waals surface area (Å²) >= 11 is 0. The summed E-state index contributed by atoms with van der Waals surface area (Å²) < 4.78 is 26.3. The van der Waals surface area contributed by atoms with Crippen molar-refractivity contribution in [1.29, 1.82) is 0 Å². The average Bonchev–Trinajstić information content (AvgIpc) is 2.85. The first-order valence-corrected chi connectivity index (χ1v) is 7.34. The number of anilines is 1. The van der Waals surface area contributed by atoms with Crippen LogP contribution < -0.4 is 5.73 Å². The highest BCUT2D eigenvalue weighted by Crippen LogP contribution is 2.23. The van der Waals surface area contributed by atoms with Gasteiger partial charge in [-0.15, -0.1) is 0 Å². The second-order valence-corrected chi connectivity index (χ2v) is 6.24. The van der Waals surface area contributed by atoms with Crippen LogP contribution in [-0.2, 0) is 10.0 Å². The van der Waals surface area contributed by atoms with Gasteiger partial charge in [0.25, 0.3) is 10.0 Å². The lowest BCUT2D eigenvalue weighted by Crippen LogP contribution is -2.12. The van der Waals surface area contributed by atoms with E-state index in [0.717, 1.165) is 9.54 Å². The molecule has 0 radical (unpaired) electrons. The van der Waals surface area contributed by atoms with Crippen LogP contribution in [0.2, 0.25) is 0 Å². The minimum Gasteiger partial charge on any atom is -0.383 e. The zero-order chi connectivity index (χ0) is 14.3. The fourth-order valence-corrected chi connectivity index (χ4v) is 3.27. The van der Waals surface area contributed by atoms with Crippen LogP contribution >= 0.6 is 0 Å². The molecule has 0 saturated heterocycles. The minimum absolute atomic E-state index is 0.206. The third-order valence-electron chi connectivity index (χ3n) is 3.06. The molecule has 2 heterocycles. The molecule has 102 valence electrons. The van der Waals surface area contributed by atoms with Gasteiger partial charge in [0, 0.05) is 6.20 Å². The summed E-state index contributed by atoms with van der Waals surface area (Å²) in [7, 11) is -3.68.